The minimum absolute atomic E-state index is 0.00151. The van der Waals surface area contributed by atoms with Crippen LogP contribution >= 0.6 is 0 Å². The van der Waals surface area contributed by atoms with Crippen molar-refractivity contribution >= 4 is 11.9 Å². The number of nitrogens with one attached hydrogen (secondary N) is 2. The quantitative estimate of drug-likeness (QED) is 0.747. The summed E-state index contributed by atoms with van der Waals surface area (Å²) in [6, 6.07) is 7.51. The van der Waals surface area contributed by atoms with Gasteiger partial charge in [0.15, 0.2) is 0 Å². The maximum atomic E-state index is 12.1. The highest BCUT2D eigenvalue weighted by Crippen LogP contribution is 2.16. The molecule has 108 valence electrons. The Bertz CT molecular complexity index is 502. The summed E-state index contributed by atoms with van der Waals surface area (Å²) in [5.74, 6) is -0.827. The van der Waals surface area contributed by atoms with E-state index >= 15 is 0 Å². The topological polar surface area (TPSA) is 78.4 Å². The molecule has 1 heterocycles. The number of rotatable bonds is 5. The molecule has 2 atom stereocenters. The highest BCUT2D eigenvalue weighted by atomic mass is 16.4. The Hall–Kier alpha value is -1.88. The third-order valence-electron chi connectivity index (χ3n) is 3.78. The lowest BCUT2D eigenvalue weighted by atomic mass is 10.0. The first-order valence-electron chi connectivity index (χ1n) is 6.87. The zero-order chi connectivity index (χ0) is 14.5. The second-order valence-corrected chi connectivity index (χ2v) is 5.19. The van der Waals surface area contributed by atoms with E-state index in [1.54, 1.807) is 6.07 Å². The Morgan fingerprint density at radius 3 is 2.65 bits per heavy atom. The fourth-order valence-corrected chi connectivity index (χ4v) is 2.60. The van der Waals surface area contributed by atoms with Gasteiger partial charge in [0.05, 0.1) is 12.3 Å². The van der Waals surface area contributed by atoms with Gasteiger partial charge in [-0.15, -0.1) is 0 Å². The van der Waals surface area contributed by atoms with Crippen LogP contribution in [0.5, 0.6) is 0 Å². The van der Waals surface area contributed by atoms with E-state index in [1.165, 1.54) is 0 Å². The number of benzene rings is 1. The van der Waals surface area contributed by atoms with Crippen LogP contribution in [-0.4, -0.2) is 29.6 Å². The molecule has 1 fully saturated rings. The minimum atomic E-state index is -0.864. The number of carbonyl (C=O) groups excluding carboxylic acids is 1. The van der Waals surface area contributed by atoms with Crippen molar-refractivity contribution in [2.24, 2.45) is 5.92 Å². The van der Waals surface area contributed by atoms with Crippen LogP contribution in [0.2, 0.25) is 0 Å². The van der Waals surface area contributed by atoms with E-state index < -0.39 is 5.97 Å². The van der Waals surface area contributed by atoms with Gasteiger partial charge >= 0.3 is 5.97 Å². The van der Waals surface area contributed by atoms with E-state index in [4.69, 9.17) is 5.11 Å². The molecular weight excluding hydrogens is 256 g/mol. The normalized spacial score (nSPS) is 21.6. The lowest BCUT2D eigenvalue weighted by Gasteiger charge is -2.16. The van der Waals surface area contributed by atoms with Crippen molar-refractivity contribution in [3.63, 3.8) is 0 Å². The molecule has 5 nitrogen and oxygen atoms in total. The molecule has 20 heavy (non-hydrogen) atoms. The first-order chi connectivity index (χ1) is 9.58. The van der Waals surface area contributed by atoms with Gasteiger partial charge in [-0.2, -0.15) is 0 Å². The Kier molecular flexibility index (Phi) is 4.74. The Morgan fingerprint density at radius 1 is 1.35 bits per heavy atom. The number of carboxylic acids is 1. The van der Waals surface area contributed by atoms with Crippen LogP contribution in [0, 0.1) is 5.92 Å². The first-order valence-corrected chi connectivity index (χ1v) is 6.87. The second-order valence-electron chi connectivity index (χ2n) is 5.19. The van der Waals surface area contributed by atoms with E-state index in [9.17, 15) is 9.59 Å². The molecule has 2 rings (SSSR count). The Labute approximate surface area is 118 Å². The predicted molar refractivity (Wildman–Crippen MR) is 75.2 cm³/mol. The zero-order valence-corrected chi connectivity index (χ0v) is 11.6. The monoisotopic (exact) mass is 276 g/mol. The van der Waals surface area contributed by atoms with Gasteiger partial charge in [0.1, 0.15) is 0 Å². The lowest BCUT2D eigenvalue weighted by Crippen LogP contribution is -2.36. The molecule has 1 aromatic carbocycles. The third-order valence-corrected chi connectivity index (χ3v) is 3.78. The zero-order valence-electron chi connectivity index (χ0n) is 11.6. The average Bonchev–Trinajstić information content (AvgIpc) is 2.83. The fraction of sp³-hybridized carbons (Fsp3) is 0.467. The summed E-state index contributed by atoms with van der Waals surface area (Å²) in [5.41, 5.74) is 1.61. The van der Waals surface area contributed by atoms with Crippen molar-refractivity contribution in [2.45, 2.75) is 32.4 Å². The smallest absolute Gasteiger partial charge is 0.307 e. The molecule has 3 N–H and O–H groups in total. The van der Waals surface area contributed by atoms with Crippen LogP contribution in [0.15, 0.2) is 24.3 Å². The molecule has 0 spiro atoms. The average molecular weight is 276 g/mol. The summed E-state index contributed by atoms with van der Waals surface area (Å²) >= 11 is 0. The van der Waals surface area contributed by atoms with Gasteiger partial charge in [0, 0.05) is 12.6 Å². The van der Waals surface area contributed by atoms with Crippen LogP contribution < -0.4 is 10.6 Å². The summed E-state index contributed by atoms with van der Waals surface area (Å²) in [6.07, 6.45) is 0.831. The molecule has 2 unspecified atom stereocenters. The van der Waals surface area contributed by atoms with E-state index in [-0.39, 0.29) is 24.3 Å². The van der Waals surface area contributed by atoms with Gasteiger partial charge < -0.3 is 15.7 Å². The van der Waals surface area contributed by atoms with E-state index in [2.05, 4.69) is 10.6 Å². The van der Waals surface area contributed by atoms with Crippen molar-refractivity contribution in [3.05, 3.63) is 35.4 Å². The highest BCUT2D eigenvalue weighted by Gasteiger charge is 2.29. The molecule has 0 radical (unpaired) electrons. The van der Waals surface area contributed by atoms with E-state index in [0.717, 1.165) is 24.1 Å². The highest BCUT2D eigenvalue weighted by molar-refractivity contribution is 5.79. The SMILES string of the molecule is CC1NCCC1C(=O)NCc1ccccc1CC(=O)O. The largest absolute Gasteiger partial charge is 0.481 e. The van der Waals surface area contributed by atoms with E-state index in [0.29, 0.717) is 6.54 Å². The van der Waals surface area contributed by atoms with Gasteiger partial charge in [-0.05, 0) is 31.0 Å². The standard InChI is InChI=1S/C15H20N2O3/c1-10-13(6-7-16-10)15(20)17-9-12-5-3-2-4-11(12)8-14(18)19/h2-5,10,13,16H,6-9H2,1H3,(H,17,20)(H,18,19). The van der Waals surface area contributed by atoms with Gasteiger partial charge in [-0.1, -0.05) is 24.3 Å². The van der Waals surface area contributed by atoms with Crippen LogP contribution in [0.25, 0.3) is 0 Å². The first kappa shape index (κ1) is 14.5. The molecular formula is C15H20N2O3. The number of hydrogen-bond donors (Lipinski definition) is 3. The van der Waals surface area contributed by atoms with Crippen molar-refractivity contribution in [1.82, 2.24) is 10.6 Å². The Morgan fingerprint density at radius 2 is 2.05 bits per heavy atom. The summed E-state index contributed by atoms with van der Waals surface area (Å²) in [4.78, 5) is 22.9. The maximum absolute atomic E-state index is 12.1. The summed E-state index contributed by atoms with van der Waals surface area (Å²) < 4.78 is 0. The summed E-state index contributed by atoms with van der Waals surface area (Å²) in [7, 11) is 0. The predicted octanol–water partition coefficient (Wildman–Crippen LogP) is 0.928. The molecule has 1 aromatic rings. The maximum Gasteiger partial charge on any atom is 0.307 e. The minimum Gasteiger partial charge on any atom is -0.481 e. The van der Waals surface area contributed by atoms with Crippen molar-refractivity contribution < 1.29 is 14.7 Å². The third kappa shape index (κ3) is 3.57. The number of aliphatic carboxylic acids is 1. The molecule has 1 amide bonds. The molecule has 1 aliphatic heterocycles. The number of amides is 1. The lowest BCUT2D eigenvalue weighted by molar-refractivity contribution is -0.136. The molecule has 5 heteroatoms. The summed E-state index contributed by atoms with van der Waals surface area (Å²) in [5, 5.41) is 15.0. The Balaban J connectivity index is 1.96. The molecule has 0 aromatic heterocycles. The fourth-order valence-electron chi connectivity index (χ4n) is 2.60. The molecule has 0 saturated carbocycles. The number of carbonyl (C=O) groups is 2. The van der Waals surface area contributed by atoms with Gasteiger partial charge in [-0.3, -0.25) is 9.59 Å². The number of carboxylic acid groups (broad SMARTS) is 1. The number of hydrogen-bond acceptors (Lipinski definition) is 3. The molecule has 1 saturated heterocycles. The molecule has 0 aliphatic carbocycles. The van der Waals surface area contributed by atoms with Gasteiger partial charge in [-0.25, -0.2) is 0 Å². The summed E-state index contributed by atoms with van der Waals surface area (Å²) in [6.45, 7) is 3.26. The van der Waals surface area contributed by atoms with Gasteiger partial charge in [0.2, 0.25) is 5.91 Å². The van der Waals surface area contributed by atoms with Crippen LogP contribution in [0.3, 0.4) is 0 Å². The van der Waals surface area contributed by atoms with Crippen LogP contribution in [0.1, 0.15) is 24.5 Å². The van der Waals surface area contributed by atoms with Gasteiger partial charge in [0.25, 0.3) is 0 Å². The van der Waals surface area contributed by atoms with Crippen molar-refractivity contribution in [2.75, 3.05) is 6.54 Å². The van der Waals surface area contributed by atoms with E-state index in [1.807, 2.05) is 25.1 Å². The van der Waals surface area contributed by atoms with Crippen LogP contribution in [0.4, 0.5) is 0 Å². The molecule has 1 aliphatic rings. The van der Waals surface area contributed by atoms with Crippen molar-refractivity contribution in [3.8, 4) is 0 Å². The molecule has 0 bridgehead atoms. The second kappa shape index (κ2) is 6.52. The van der Waals surface area contributed by atoms with Crippen molar-refractivity contribution in [1.29, 1.82) is 0 Å². The van der Waals surface area contributed by atoms with Crippen LogP contribution in [-0.2, 0) is 22.6 Å².